The summed E-state index contributed by atoms with van der Waals surface area (Å²) in [6, 6.07) is 14.9. The number of carbonyl (C=O) groups excluding carboxylic acids is 2. The molecule has 0 radical (unpaired) electrons. The minimum atomic E-state index is -0.295. The first-order valence-electron chi connectivity index (χ1n) is 13.3. The van der Waals surface area contributed by atoms with Gasteiger partial charge in [0.25, 0.3) is 0 Å². The second kappa shape index (κ2) is 14.4. The van der Waals surface area contributed by atoms with Crippen molar-refractivity contribution in [2.45, 2.75) is 71.3 Å². The van der Waals surface area contributed by atoms with Gasteiger partial charge in [-0.3, -0.25) is 9.59 Å². The molecule has 36 heavy (non-hydrogen) atoms. The average Bonchev–Trinajstić information content (AvgIpc) is 3.20. The van der Waals surface area contributed by atoms with Crippen LogP contribution in [0.5, 0.6) is 0 Å². The van der Waals surface area contributed by atoms with E-state index in [4.69, 9.17) is 0 Å². The Balaban J connectivity index is 1.39. The number of hydrogen-bond acceptors (Lipinski definition) is 2. The topological polar surface area (TPSA) is 54.3 Å². The number of halogens is 1. The molecule has 6 heteroatoms. The lowest BCUT2D eigenvalue weighted by Gasteiger charge is -2.16. The van der Waals surface area contributed by atoms with E-state index in [0.29, 0.717) is 19.5 Å². The Hall–Kier alpha value is -3.15. The largest absolute Gasteiger partial charge is 0.356 e. The third kappa shape index (κ3) is 8.51. The van der Waals surface area contributed by atoms with E-state index in [9.17, 15) is 14.0 Å². The van der Waals surface area contributed by atoms with Gasteiger partial charge in [0.1, 0.15) is 5.82 Å². The van der Waals surface area contributed by atoms with Crippen LogP contribution in [0.4, 0.5) is 4.39 Å². The first-order valence-corrected chi connectivity index (χ1v) is 13.3. The number of benzene rings is 2. The van der Waals surface area contributed by atoms with Gasteiger partial charge in [-0.1, -0.05) is 62.9 Å². The zero-order chi connectivity index (χ0) is 25.8. The number of fused-ring (bicyclic) bond motifs is 1. The highest BCUT2D eigenvalue weighted by Crippen LogP contribution is 2.24. The lowest BCUT2D eigenvalue weighted by molar-refractivity contribution is -0.130. The zero-order valence-electron chi connectivity index (χ0n) is 21.8. The van der Waals surface area contributed by atoms with Crippen molar-refractivity contribution >= 4 is 22.7 Å². The van der Waals surface area contributed by atoms with Crippen LogP contribution < -0.4 is 5.32 Å². The predicted molar refractivity (Wildman–Crippen MR) is 144 cm³/mol. The molecule has 2 aromatic carbocycles. The van der Waals surface area contributed by atoms with Crippen LogP contribution in [0.25, 0.3) is 10.9 Å². The highest BCUT2D eigenvalue weighted by Gasteiger charge is 2.13. The SMILES string of the molecule is CCCCN(C)C(=O)CCCCCCCNC(=O)Cc1cn(Cc2ccccc2)c2ccc(F)cc12. The number of unbranched alkanes of at least 4 members (excludes halogenated alkanes) is 5. The van der Waals surface area contributed by atoms with E-state index in [1.54, 1.807) is 6.07 Å². The molecule has 2 amide bonds. The predicted octanol–water partition coefficient (Wildman–Crippen LogP) is 6.09. The monoisotopic (exact) mass is 493 g/mol. The molecule has 0 saturated heterocycles. The van der Waals surface area contributed by atoms with Crippen LogP contribution in [0, 0.1) is 5.82 Å². The fourth-order valence-corrected chi connectivity index (χ4v) is 4.50. The van der Waals surface area contributed by atoms with E-state index in [1.165, 1.54) is 12.1 Å². The van der Waals surface area contributed by atoms with Gasteiger partial charge in [0.15, 0.2) is 0 Å². The van der Waals surface area contributed by atoms with Crippen molar-refractivity contribution in [1.29, 1.82) is 0 Å². The molecule has 1 N–H and O–H groups in total. The van der Waals surface area contributed by atoms with E-state index in [2.05, 4.69) is 28.9 Å². The summed E-state index contributed by atoms with van der Waals surface area (Å²) < 4.78 is 16.1. The molecule has 0 saturated carbocycles. The van der Waals surface area contributed by atoms with Crippen LogP contribution in [0.1, 0.15) is 69.4 Å². The molecule has 0 spiro atoms. The molecule has 0 aliphatic heterocycles. The van der Waals surface area contributed by atoms with Crippen LogP contribution in [0.3, 0.4) is 0 Å². The van der Waals surface area contributed by atoms with Crippen molar-refractivity contribution in [1.82, 2.24) is 14.8 Å². The molecule has 0 atom stereocenters. The Morgan fingerprint density at radius 3 is 2.50 bits per heavy atom. The van der Waals surface area contributed by atoms with Gasteiger partial charge >= 0.3 is 0 Å². The molecule has 0 aliphatic carbocycles. The molecule has 0 bridgehead atoms. The minimum absolute atomic E-state index is 0.0428. The van der Waals surface area contributed by atoms with Crippen molar-refractivity contribution in [3.63, 3.8) is 0 Å². The molecule has 0 fully saturated rings. The fourth-order valence-electron chi connectivity index (χ4n) is 4.50. The summed E-state index contributed by atoms with van der Waals surface area (Å²) in [6.07, 6.45) is 9.95. The van der Waals surface area contributed by atoms with Gasteiger partial charge in [-0.2, -0.15) is 0 Å². The van der Waals surface area contributed by atoms with Crippen molar-refractivity contribution in [2.75, 3.05) is 20.1 Å². The summed E-state index contributed by atoms with van der Waals surface area (Å²) >= 11 is 0. The van der Waals surface area contributed by atoms with Crippen molar-refractivity contribution in [3.05, 3.63) is 71.7 Å². The third-order valence-corrected chi connectivity index (χ3v) is 6.63. The Morgan fingerprint density at radius 2 is 1.72 bits per heavy atom. The maximum atomic E-state index is 14.0. The molecule has 194 valence electrons. The Labute approximate surface area is 214 Å². The second-order valence-corrected chi connectivity index (χ2v) is 9.64. The van der Waals surface area contributed by atoms with Crippen molar-refractivity contribution in [3.8, 4) is 0 Å². The lowest BCUT2D eigenvalue weighted by Crippen LogP contribution is -2.27. The van der Waals surface area contributed by atoms with Gasteiger partial charge in [-0.05, 0) is 48.6 Å². The quantitative estimate of drug-likeness (QED) is 0.261. The first kappa shape index (κ1) is 27.4. The Bertz CT molecular complexity index is 1110. The highest BCUT2D eigenvalue weighted by atomic mass is 19.1. The number of aromatic nitrogens is 1. The van der Waals surface area contributed by atoms with Crippen LogP contribution in [0.2, 0.25) is 0 Å². The van der Waals surface area contributed by atoms with Crippen LogP contribution in [-0.2, 0) is 22.6 Å². The average molecular weight is 494 g/mol. The number of nitrogens with one attached hydrogen (secondary N) is 1. The van der Waals surface area contributed by atoms with Gasteiger partial charge in [-0.15, -0.1) is 0 Å². The molecule has 5 nitrogen and oxygen atoms in total. The molecular weight excluding hydrogens is 453 g/mol. The summed E-state index contributed by atoms with van der Waals surface area (Å²) in [4.78, 5) is 26.5. The van der Waals surface area contributed by atoms with E-state index in [0.717, 1.165) is 73.5 Å². The fraction of sp³-hybridized carbons (Fsp3) is 0.467. The van der Waals surface area contributed by atoms with Crippen molar-refractivity contribution < 1.29 is 14.0 Å². The van der Waals surface area contributed by atoms with E-state index in [-0.39, 0.29) is 24.1 Å². The van der Waals surface area contributed by atoms with Gasteiger partial charge < -0.3 is 14.8 Å². The molecule has 3 rings (SSSR count). The summed E-state index contributed by atoms with van der Waals surface area (Å²) in [7, 11) is 1.89. The highest BCUT2D eigenvalue weighted by molar-refractivity contribution is 5.89. The Kier molecular flexibility index (Phi) is 11.0. The number of nitrogens with zero attached hydrogens (tertiary/aromatic N) is 2. The summed E-state index contributed by atoms with van der Waals surface area (Å²) in [5.74, 6) is -0.102. The lowest BCUT2D eigenvalue weighted by atomic mass is 10.1. The van der Waals surface area contributed by atoms with Gasteiger partial charge in [0, 0.05) is 50.2 Å². The number of hydrogen-bond donors (Lipinski definition) is 1. The van der Waals surface area contributed by atoms with Crippen LogP contribution >= 0.6 is 0 Å². The minimum Gasteiger partial charge on any atom is -0.356 e. The number of rotatable bonds is 15. The second-order valence-electron chi connectivity index (χ2n) is 9.64. The summed E-state index contributed by atoms with van der Waals surface area (Å²) in [5, 5.41) is 3.80. The molecule has 0 aliphatic rings. The summed E-state index contributed by atoms with van der Waals surface area (Å²) in [6.45, 7) is 4.28. The Morgan fingerprint density at radius 1 is 0.972 bits per heavy atom. The van der Waals surface area contributed by atoms with Gasteiger partial charge in [-0.25, -0.2) is 4.39 Å². The molecule has 3 aromatic rings. The van der Waals surface area contributed by atoms with Crippen molar-refractivity contribution in [2.24, 2.45) is 0 Å². The molecule has 0 unspecified atom stereocenters. The number of amides is 2. The standard InChI is InChI=1S/C30H40FN3O2/c1-3-4-19-33(2)30(36)15-11-6-5-7-12-18-32-29(35)20-25-23-34(22-24-13-9-8-10-14-24)28-17-16-26(31)21-27(25)28/h8-10,13-14,16-17,21,23H,3-7,11-12,15,18-20,22H2,1-2H3,(H,32,35). The number of carbonyl (C=O) groups is 2. The smallest absolute Gasteiger partial charge is 0.224 e. The maximum absolute atomic E-state index is 14.0. The maximum Gasteiger partial charge on any atom is 0.224 e. The third-order valence-electron chi connectivity index (χ3n) is 6.63. The van der Waals surface area contributed by atoms with Gasteiger partial charge in [0.05, 0.1) is 6.42 Å². The van der Waals surface area contributed by atoms with Crippen LogP contribution in [0.15, 0.2) is 54.7 Å². The van der Waals surface area contributed by atoms with E-state index < -0.39 is 0 Å². The van der Waals surface area contributed by atoms with E-state index >= 15 is 0 Å². The first-order chi connectivity index (χ1) is 17.5. The molecule has 1 aromatic heterocycles. The van der Waals surface area contributed by atoms with Crippen LogP contribution in [-0.4, -0.2) is 41.4 Å². The molecule has 1 heterocycles. The zero-order valence-corrected chi connectivity index (χ0v) is 21.8. The summed E-state index contributed by atoms with van der Waals surface area (Å²) in [5.41, 5.74) is 2.92. The molecular formula is C30H40FN3O2. The van der Waals surface area contributed by atoms with Gasteiger partial charge in [0.2, 0.25) is 11.8 Å². The van der Waals surface area contributed by atoms with E-state index in [1.807, 2.05) is 36.3 Å². The normalized spacial score (nSPS) is 11.1.